The topological polar surface area (TPSA) is 124 Å². The molecule has 4 heterocycles. The third kappa shape index (κ3) is 3.51. The van der Waals surface area contributed by atoms with Gasteiger partial charge in [0.2, 0.25) is 5.95 Å². The minimum Gasteiger partial charge on any atom is -0.505 e. The average molecular weight is 431 g/mol. The molecule has 3 aliphatic rings. The highest BCUT2D eigenvalue weighted by Gasteiger charge is 2.39. The first-order valence-electron chi connectivity index (χ1n) is 10.5. The fourth-order valence-corrected chi connectivity index (χ4v) is 5.77. The Bertz CT molecular complexity index is 952. The van der Waals surface area contributed by atoms with Crippen LogP contribution in [0.1, 0.15) is 49.5 Å². The number of aliphatic hydroxyl groups is 1. The highest BCUT2D eigenvalue weighted by atomic mass is 32.2. The summed E-state index contributed by atoms with van der Waals surface area (Å²) in [5.41, 5.74) is 0.507. The number of nitrogens with one attached hydrogen (secondary N) is 1. The van der Waals surface area contributed by atoms with Crippen molar-refractivity contribution in [3.05, 3.63) is 23.9 Å². The summed E-state index contributed by atoms with van der Waals surface area (Å²) in [6.07, 6.45) is 8.17. The van der Waals surface area contributed by atoms with E-state index in [9.17, 15) is 14.4 Å². The third-order valence-electron chi connectivity index (χ3n) is 6.47. The Morgan fingerprint density at radius 2 is 1.93 bits per heavy atom. The molecule has 10 heteroatoms. The number of piperidine rings is 1. The van der Waals surface area contributed by atoms with Gasteiger partial charge in [-0.25, -0.2) is 15.0 Å². The van der Waals surface area contributed by atoms with Gasteiger partial charge < -0.3 is 20.4 Å². The molecular formula is C20H26N6O3S. The number of aliphatic hydroxyl groups excluding tert-OH is 1. The van der Waals surface area contributed by atoms with Crippen LogP contribution in [0.15, 0.2) is 17.3 Å². The fourth-order valence-electron chi connectivity index (χ4n) is 4.47. The fraction of sp³-hybridized carbons (Fsp3) is 0.600. The predicted octanol–water partition coefficient (Wildman–Crippen LogP) is 1.35. The number of hydrogen-bond donors (Lipinski definition) is 3. The van der Waals surface area contributed by atoms with E-state index < -0.39 is 10.8 Å². The molecule has 160 valence electrons. The van der Waals surface area contributed by atoms with Gasteiger partial charge in [-0.1, -0.05) is 0 Å². The maximum Gasteiger partial charge on any atom is 0.227 e. The second-order valence-electron chi connectivity index (χ2n) is 8.43. The van der Waals surface area contributed by atoms with E-state index in [-0.39, 0.29) is 23.8 Å². The predicted molar refractivity (Wildman–Crippen MR) is 112 cm³/mol. The number of aromatic hydroxyl groups is 1. The van der Waals surface area contributed by atoms with Gasteiger partial charge in [-0.2, -0.15) is 4.98 Å². The van der Waals surface area contributed by atoms with Gasteiger partial charge in [0.05, 0.1) is 41.0 Å². The molecule has 1 aliphatic carbocycles. The van der Waals surface area contributed by atoms with Gasteiger partial charge >= 0.3 is 0 Å². The molecule has 30 heavy (non-hydrogen) atoms. The molecule has 0 bridgehead atoms. The van der Waals surface area contributed by atoms with E-state index in [0.717, 1.165) is 56.7 Å². The summed E-state index contributed by atoms with van der Waals surface area (Å²) in [6.45, 7) is 1.61. The Hall–Kier alpha value is -2.33. The second kappa shape index (κ2) is 7.73. The van der Waals surface area contributed by atoms with Crippen LogP contribution in [0.25, 0.3) is 0 Å². The SMILES string of the molecule is O=[S@@]1CCc2nc(N3CCC(c4ncc(O)cn4)CC3)nc(NC3(CO)CCC3)c21. The molecule has 9 nitrogen and oxygen atoms in total. The molecule has 5 rings (SSSR count). The van der Waals surface area contributed by atoms with E-state index in [1.807, 2.05) is 0 Å². The number of anilines is 2. The Kier molecular flexibility index (Phi) is 5.06. The van der Waals surface area contributed by atoms with Gasteiger partial charge in [0, 0.05) is 31.2 Å². The van der Waals surface area contributed by atoms with Crippen LogP contribution >= 0.6 is 0 Å². The maximum absolute atomic E-state index is 12.6. The Balaban J connectivity index is 1.37. The largest absolute Gasteiger partial charge is 0.505 e. The highest BCUT2D eigenvalue weighted by Crippen LogP contribution is 2.38. The zero-order chi connectivity index (χ0) is 20.7. The van der Waals surface area contributed by atoms with Crippen molar-refractivity contribution in [1.82, 2.24) is 19.9 Å². The van der Waals surface area contributed by atoms with E-state index in [1.54, 1.807) is 0 Å². The van der Waals surface area contributed by atoms with Crippen molar-refractivity contribution in [2.45, 2.75) is 54.9 Å². The summed E-state index contributed by atoms with van der Waals surface area (Å²) in [5.74, 6) is 2.95. The maximum atomic E-state index is 12.6. The van der Waals surface area contributed by atoms with Crippen molar-refractivity contribution >= 4 is 22.6 Å². The van der Waals surface area contributed by atoms with Crippen molar-refractivity contribution in [1.29, 1.82) is 0 Å². The van der Waals surface area contributed by atoms with Crippen molar-refractivity contribution < 1.29 is 14.4 Å². The number of hydrogen-bond acceptors (Lipinski definition) is 9. The van der Waals surface area contributed by atoms with Crippen LogP contribution in [0.5, 0.6) is 5.75 Å². The summed E-state index contributed by atoms with van der Waals surface area (Å²) >= 11 is 0. The molecule has 0 aromatic carbocycles. The molecule has 2 aliphatic heterocycles. The highest BCUT2D eigenvalue weighted by molar-refractivity contribution is 7.85. The molecule has 2 aromatic rings. The first-order chi connectivity index (χ1) is 14.6. The quantitative estimate of drug-likeness (QED) is 0.644. The monoisotopic (exact) mass is 430 g/mol. The molecule has 0 radical (unpaired) electrons. The van der Waals surface area contributed by atoms with Crippen molar-refractivity contribution in [2.75, 3.05) is 35.7 Å². The van der Waals surface area contributed by atoms with Crippen LogP contribution in [-0.4, -0.2) is 65.3 Å². The minimum absolute atomic E-state index is 0.0474. The number of aromatic nitrogens is 4. The zero-order valence-corrected chi connectivity index (χ0v) is 17.6. The minimum atomic E-state index is -1.09. The molecule has 0 amide bonds. The molecule has 1 saturated heterocycles. The van der Waals surface area contributed by atoms with E-state index in [1.165, 1.54) is 12.4 Å². The van der Waals surface area contributed by atoms with Crippen molar-refractivity contribution in [3.8, 4) is 5.75 Å². The summed E-state index contributed by atoms with van der Waals surface area (Å²) < 4.78 is 12.6. The molecule has 1 saturated carbocycles. The van der Waals surface area contributed by atoms with Gasteiger partial charge in [0.1, 0.15) is 16.5 Å². The normalized spacial score (nSPS) is 23.1. The summed E-state index contributed by atoms with van der Waals surface area (Å²) in [5, 5.41) is 22.7. The van der Waals surface area contributed by atoms with Crippen LogP contribution in [0.3, 0.4) is 0 Å². The van der Waals surface area contributed by atoms with Crippen LogP contribution < -0.4 is 10.2 Å². The molecule has 0 unspecified atom stereocenters. The zero-order valence-electron chi connectivity index (χ0n) is 16.8. The number of rotatable bonds is 5. The van der Waals surface area contributed by atoms with Crippen molar-refractivity contribution in [3.63, 3.8) is 0 Å². The lowest BCUT2D eigenvalue weighted by Gasteiger charge is -2.42. The van der Waals surface area contributed by atoms with Crippen LogP contribution in [0.2, 0.25) is 0 Å². The molecule has 0 spiro atoms. The standard InChI is InChI=1S/C20H26N6O3S/c27-12-20(5-1-6-20)25-18-16-15(4-9-30(16)29)23-19(24-18)26-7-2-13(3-8-26)17-21-10-14(28)11-22-17/h10-11,13,27-28H,1-9,12H2,(H,23,24,25)/t30-/m1/s1. The molecular weight excluding hydrogens is 404 g/mol. The smallest absolute Gasteiger partial charge is 0.227 e. The van der Waals surface area contributed by atoms with Gasteiger partial charge in [-0.3, -0.25) is 4.21 Å². The van der Waals surface area contributed by atoms with Crippen LogP contribution in [-0.2, 0) is 17.2 Å². The molecule has 2 fully saturated rings. The van der Waals surface area contributed by atoms with Gasteiger partial charge in [0.25, 0.3) is 0 Å². The Labute approximate surface area is 177 Å². The van der Waals surface area contributed by atoms with E-state index in [4.69, 9.17) is 9.97 Å². The summed E-state index contributed by atoms with van der Waals surface area (Å²) in [6, 6.07) is 0. The first kappa shape index (κ1) is 19.6. The number of nitrogens with zero attached hydrogens (tertiary/aromatic N) is 5. The average Bonchev–Trinajstić information content (AvgIpc) is 3.12. The molecule has 3 N–H and O–H groups in total. The van der Waals surface area contributed by atoms with Gasteiger partial charge in [-0.15, -0.1) is 0 Å². The summed E-state index contributed by atoms with van der Waals surface area (Å²) in [4.78, 5) is 20.9. The molecule has 1 atom stereocenters. The lowest BCUT2D eigenvalue weighted by molar-refractivity contribution is 0.143. The molecule has 2 aromatic heterocycles. The van der Waals surface area contributed by atoms with Crippen LogP contribution in [0, 0.1) is 0 Å². The third-order valence-corrected chi connectivity index (χ3v) is 7.93. The second-order valence-corrected chi connectivity index (χ2v) is 9.93. The Morgan fingerprint density at radius 1 is 1.20 bits per heavy atom. The van der Waals surface area contributed by atoms with Crippen molar-refractivity contribution in [2.24, 2.45) is 0 Å². The van der Waals surface area contributed by atoms with Crippen LogP contribution in [0.4, 0.5) is 11.8 Å². The van der Waals surface area contributed by atoms with E-state index in [0.29, 0.717) is 28.8 Å². The van der Waals surface area contributed by atoms with E-state index in [2.05, 4.69) is 20.2 Å². The first-order valence-corrected chi connectivity index (χ1v) is 11.8. The number of fused-ring (bicyclic) bond motifs is 1. The van der Waals surface area contributed by atoms with Gasteiger partial charge in [0.15, 0.2) is 5.75 Å². The van der Waals surface area contributed by atoms with E-state index >= 15 is 0 Å². The lowest BCUT2D eigenvalue weighted by atomic mass is 9.77. The number of aryl methyl sites for hydroxylation is 1. The summed E-state index contributed by atoms with van der Waals surface area (Å²) in [7, 11) is -1.09. The van der Waals surface area contributed by atoms with Gasteiger partial charge in [-0.05, 0) is 32.1 Å². The lowest BCUT2D eigenvalue weighted by Crippen LogP contribution is -2.48. The Morgan fingerprint density at radius 3 is 2.57 bits per heavy atom.